The van der Waals surface area contributed by atoms with Gasteiger partial charge in [-0.2, -0.15) is 0 Å². The molecule has 2 heteroatoms. The van der Waals surface area contributed by atoms with Gasteiger partial charge in [0.15, 0.2) is 0 Å². The van der Waals surface area contributed by atoms with Crippen LogP contribution in [0.3, 0.4) is 0 Å². The maximum atomic E-state index is 5.85. The molecular formula is C14H29NO. The molecule has 96 valence electrons. The predicted molar refractivity (Wildman–Crippen MR) is 69.8 cm³/mol. The first kappa shape index (κ1) is 14.0. The van der Waals surface area contributed by atoms with Crippen molar-refractivity contribution in [2.75, 3.05) is 19.7 Å². The number of ether oxygens (including phenoxy) is 1. The summed E-state index contributed by atoms with van der Waals surface area (Å²) in [6, 6.07) is 0. The molecule has 1 atom stereocenters. The van der Waals surface area contributed by atoms with Crippen molar-refractivity contribution in [2.24, 2.45) is 0 Å². The number of hydrogen-bond acceptors (Lipinski definition) is 2. The second-order valence-corrected chi connectivity index (χ2v) is 4.96. The van der Waals surface area contributed by atoms with Gasteiger partial charge >= 0.3 is 0 Å². The molecule has 0 aromatic carbocycles. The third kappa shape index (κ3) is 7.24. The summed E-state index contributed by atoms with van der Waals surface area (Å²) in [5, 5.41) is 3.39. The molecule has 2 nitrogen and oxygen atoms in total. The van der Waals surface area contributed by atoms with Crippen molar-refractivity contribution in [2.45, 2.75) is 70.8 Å². The van der Waals surface area contributed by atoms with Crippen molar-refractivity contribution in [3.8, 4) is 0 Å². The van der Waals surface area contributed by atoms with Gasteiger partial charge in [-0.05, 0) is 25.8 Å². The smallest absolute Gasteiger partial charge is 0.0699 e. The van der Waals surface area contributed by atoms with E-state index in [0.717, 1.165) is 13.2 Å². The Morgan fingerprint density at radius 2 is 1.81 bits per heavy atom. The average Bonchev–Trinajstić information content (AvgIpc) is 2.34. The summed E-state index contributed by atoms with van der Waals surface area (Å²) in [4.78, 5) is 0. The molecule has 1 rings (SSSR count). The molecule has 1 N–H and O–H groups in total. The molecule has 0 spiro atoms. The SMILES string of the molecule is CCCCCCCCCO[C@H]1CCCNC1. The lowest BCUT2D eigenvalue weighted by atomic mass is 10.1. The third-order valence-electron chi connectivity index (χ3n) is 3.35. The van der Waals surface area contributed by atoms with E-state index in [-0.39, 0.29) is 0 Å². The predicted octanol–water partition coefficient (Wildman–Crippen LogP) is 3.51. The van der Waals surface area contributed by atoms with Crippen LogP contribution in [-0.2, 0) is 4.74 Å². The molecule has 0 aromatic heterocycles. The van der Waals surface area contributed by atoms with Crippen molar-refractivity contribution in [1.29, 1.82) is 0 Å². The minimum Gasteiger partial charge on any atom is -0.377 e. The zero-order chi connectivity index (χ0) is 11.5. The minimum atomic E-state index is 0.494. The first-order chi connectivity index (χ1) is 7.93. The van der Waals surface area contributed by atoms with Crippen molar-refractivity contribution in [3.05, 3.63) is 0 Å². The van der Waals surface area contributed by atoms with E-state index in [1.807, 2.05) is 0 Å². The quantitative estimate of drug-likeness (QED) is 0.609. The molecule has 16 heavy (non-hydrogen) atoms. The van der Waals surface area contributed by atoms with Crippen molar-refractivity contribution in [3.63, 3.8) is 0 Å². The Kier molecular flexibility index (Phi) is 8.83. The van der Waals surface area contributed by atoms with Crippen molar-refractivity contribution in [1.82, 2.24) is 5.32 Å². The molecule has 0 radical (unpaired) electrons. The highest BCUT2D eigenvalue weighted by atomic mass is 16.5. The number of hydrogen-bond donors (Lipinski definition) is 1. The zero-order valence-corrected chi connectivity index (χ0v) is 11.0. The fourth-order valence-corrected chi connectivity index (χ4v) is 2.27. The molecule has 1 heterocycles. The van der Waals surface area contributed by atoms with Crippen LogP contribution in [-0.4, -0.2) is 25.8 Å². The lowest BCUT2D eigenvalue weighted by Crippen LogP contribution is -2.35. The molecule has 1 aliphatic rings. The van der Waals surface area contributed by atoms with Crippen molar-refractivity contribution >= 4 is 0 Å². The highest BCUT2D eigenvalue weighted by molar-refractivity contribution is 4.68. The molecule has 1 fully saturated rings. The Hall–Kier alpha value is -0.0800. The van der Waals surface area contributed by atoms with Crippen molar-refractivity contribution < 1.29 is 4.74 Å². The molecule has 1 aliphatic heterocycles. The lowest BCUT2D eigenvalue weighted by Gasteiger charge is -2.22. The highest BCUT2D eigenvalue weighted by Crippen LogP contribution is 2.09. The van der Waals surface area contributed by atoms with Crippen LogP contribution >= 0.6 is 0 Å². The van der Waals surface area contributed by atoms with E-state index in [1.54, 1.807) is 0 Å². The maximum absolute atomic E-state index is 5.85. The summed E-state index contributed by atoms with van der Waals surface area (Å²) in [6.07, 6.45) is 12.6. The lowest BCUT2D eigenvalue weighted by molar-refractivity contribution is 0.0347. The molecule has 0 amide bonds. The van der Waals surface area contributed by atoms with Gasteiger partial charge in [0.05, 0.1) is 6.10 Å². The van der Waals surface area contributed by atoms with Gasteiger partial charge in [0.25, 0.3) is 0 Å². The van der Waals surface area contributed by atoms with Crippen LogP contribution < -0.4 is 5.32 Å². The Bertz CT molecular complexity index is 144. The number of nitrogens with one attached hydrogen (secondary N) is 1. The van der Waals surface area contributed by atoms with E-state index in [1.165, 1.54) is 64.3 Å². The summed E-state index contributed by atoms with van der Waals surface area (Å²) in [7, 11) is 0. The van der Waals surface area contributed by atoms with E-state index >= 15 is 0 Å². The topological polar surface area (TPSA) is 21.3 Å². The minimum absolute atomic E-state index is 0.494. The van der Waals surface area contributed by atoms with Crippen LogP contribution in [0.2, 0.25) is 0 Å². The van der Waals surface area contributed by atoms with Crippen LogP contribution in [0.15, 0.2) is 0 Å². The number of piperidine rings is 1. The Morgan fingerprint density at radius 1 is 1.06 bits per heavy atom. The molecular weight excluding hydrogens is 198 g/mol. The number of unbranched alkanes of at least 4 members (excludes halogenated alkanes) is 6. The molecule has 0 saturated carbocycles. The normalized spacial score (nSPS) is 21.2. The van der Waals surface area contributed by atoms with Gasteiger partial charge < -0.3 is 10.1 Å². The summed E-state index contributed by atoms with van der Waals surface area (Å²) >= 11 is 0. The first-order valence-corrected chi connectivity index (χ1v) is 7.26. The van der Waals surface area contributed by atoms with E-state index < -0.39 is 0 Å². The summed E-state index contributed by atoms with van der Waals surface area (Å²) in [5.74, 6) is 0. The highest BCUT2D eigenvalue weighted by Gasteiger charge is 2.12. The second-order valence-electron chi connectivity index (χ2n) is 4.96. The summed E-state index contributed by atoms with van der Waals surface area (Å²) in [6.45, 7) is 5.49. The fraction of sp³-hybridized carbons (Fsp3) is 1.00. The second kappa shape index (κ2) is 10.1. The molecule has 0 unspecified atom stereocenters. The van der Waals surface area contributed by atoms with Gasteiger partial charge in [-0.15, -0.1) is 0 Å². The first-order valence-electron chi connectivity index (χ1n) is 7.26. The van der Waals surface area contributed by atoms with Gasteiger partial charge in [0.2, 0.25) is 0 Å². The largest absolute Gasteiger partial charge is 0.377 e. The Balaban J connectivity index is 1.77. The standard InChI is InChI=1S/C14H29NO/c1-2-3-4-5-6-7-8-12-16-14-10-9-11-15-13-14/h14-15H,2-13H2,1H3/t14-/m0/s1. The van der Waals surface area contributed by atoms with E-state index in [4.69, 9.17) is 4.74 Å². The van der Waals surface area contributed by atoms with Crippen LogP contribution in [0.4, 0.5) is 0 Å². The Morgan fingerprint density at radius 3 is 2.50 bits per heavy atom. The fourth-order valence-electron chi connectivity index (χ4n) is 2.27. The van der Waals surface area contributed by atoms with Gasteiger partial charge in [-0.3, -0.25) is 0 Å². The van der Waals surface area contributed by atoms with E-state index in [9.17, 15) is 0 Å². The van der Waals surface area contributed by atoms with Crippen LogP contribution in [0.25, 0.3) is 0 Å². The number of rotatable bonds is 9. The zero-order valence-electron chi connectivity index (χ0n) is 11.0. The summed E-state index contributed by atoms with van der Waals surface area (Å²) < 4.78 is 5.85. The molecule has 0 aliphatic carbocycles. The molecule has 0 aromatic rings. The molecule has 1 saturated heterocycles. The van der Waals surface area contributed by atoms with Crippen LogP contribution in [0.5, 0.6) is 0 Å². The van der Waals surface area contributed by atoms with E-state index in [2.05, 4.69) is 12.2 Å². The average molecular weight is 227 g/mol. The van der Waals surface area contributed by atoms with Gasteiger partial charge in [-0.25, -0.2) is 0 Å². The summed E-state index contributed by atoms with van der Waals surface area (Å²) in [5.41, 5.74) is 0. The van der Waals surface area contributed by atoms with Crippen LogP contribution in [0.1, 0.15) is 64.7 Å². The Labute approximate surface area is 101 Å². The van der Waals surface area contributed by atoms with E-state index in [0.29, 0.717) is 6.10 Å². The third-order valence-corrected chi connectivity index (χ3v) is 3.35. The van der Waals surface area contributed by atoms with Gasteiger partial charge in [0.1, 0.15) is 0 Å². The van der Waals surface area contributed by atoms with Crippen LogP contribution in [0, 0.1) is 0 Å². The monoisotopic (exact) mass is 227 g/mol. The maximum Gasteiger partial charge on any atom is 0.0699 e. The molecule has 0 bridgehead atoms. The van der Waals surface area contributed by atoms with Gasteiger partial charge in [-0.1, -0.05) is 45.4 Å². The van der Waals surface area contributed by atoms with Gasteiger partial charge in [0, 0.05) is 13.2 Å².